The van der Waals surface area contributed by atoms with E-state index in [9.17, 15) is 0 Å². The summed E-state index contributed by atoms with van der Waals surface area (Å²) in [4.78, 5) is 0. The third kappa shape index (κ3) is 6.71. The molecule has 0 unspecified atom stereocenters. The Labute approximate surface area is 172 Å². The van der Waals surface area contributed by atoms with Crippen molar-refractivity contribution in [3.05, 3.63) is 125 Å². The van der Waals surface area contributed by atoms with E-state index in [4.69, 9.17) is 0 Å². The van der Waals surface area contributed by atoms with Gasteiger partial charge in [0, 0.05) is 0 Å². The van der Waals surface area contributed by atoms with Gasteiger partial charge in [-0.3, -0.25) is 17.5 Å². The van der Waals surface area contributed by atoms with Gasteiger partial charge in [0.2, 0.25) is 0 Å². The molecule has 10 radical (unpaired) electrons. The van der Waals surface area contributed by atoms with Gasteiger partial charge in [-0.15, -0.1) is 11.5 Å². The zero-order chi connectivity index (χ0) is 16.5. The van der Waals surface area contributed by atoms with E-state index in [1.54, 1.807) is 0 Å². The first-order chi connectivity index (χ1) is 11.9. The van der Waals surface area contributed by atoms with Crippen LogP contribution in [-0.4, -0.2) is 0 Å². The SMILES string of the molecule is [C-]1[CH][CH][CH][CH]1.[C-]1[CH][CH][CH][CH]1.[Zr+4].[c-]1cccc2cc3ccccc3[c-]c12. The van der Waals surface area contributed by atoms with E-state index < -0.39 is 0 Å². The molecule has 0 spiro atoms. The van der Waals surface area contributed by atoms with Gasteiger partial charge >= 0.3 is 26.2 Å². The van der Waals surface area contributed by atoms with Crippen molar-refractivity contribution >= 4 is 21.5 Å². The molecule has 0 amide bonds. The zero-order valence-corrected chi connectivity index (χ0v) is 16.2. The van der Waals surface area contributed by atoms with Gasteiger partial charge in [0.1, 0.15) is 0 Å². The molecule has 0 nitrogen and oxygen atoms in total. The van der Waals surface area contributed by atoms with Crippen LogP contribution in [0.4, 0.5) is 0 Å². The Balaban J connectivity index is 0.000000169. The molecule has 25 heavy (non-hydrogen) atoms. The average molecular weight is 396 g/mol. The van der Waals surface area contributed by atoms with Crippen LogP contribution in [0, 0.1) is 76.3 Å². The largest absolute Gasteiger partial charge is 4.00 e. The summed E-state index contributed by atoms with van der Waals surface area (Å²) in [5, 5.41) is 4.65. The summed E-state index contributed by atoms with van der Waals surface area (Å²) in [6.45, 7) is 0. The molecule has 0 N–H and O–H groups in total. The normalized spacial score (nSPS) is 15.7. The number of fused-ring (bicyclic) bond motifs is 2. The fraction of sp³-hybridized carbons (Fsp3) is 0. The second kappa shape index (κ2) is 11.6. The summed E-state index contributed by atoms with van der Waals surface area (Å²) < 4.78 is 0. The third-order valence-electron chi connectivity index (χ3n) is 3.41. The third-order valence-corrected chi connectivity index (χ3v) is 3.41. The molecule has 0 saturated heterocycles. The predicted molar refractivity (Wildman–Crippen MR) is 100 cm³/mol. The van der Waals surface area contributed by atoms with E-state index in [1.165, 1.54) is 10.8 Å². The summed E-state index contributed by atoms with van der Waals surface area (Å²) in [5.41, 5.74) is 0. The molecule has 2 aliphatic carbocycles. The Kier molecular flexibility index (Phi) is 9.48. The number of rotatable bonds is 0. The first kappa shape index (κ1) is 20.4. The van der Waals surface area contributed by atoms with Crippen molar-refractivity contribution in [3.63, 3.8) is 0 Å². The minimum Gasteiger partial charge on any atom is -0.474 e. The first-order valence-corrected chi connectivity index (χ1v) is 7.80. The molecule has 3 aromatic carbocycles. The maximum Gasteiger partial charge on any atom is 4.00 e. The van der Waals surface area contributed by atoms with E-state index in [0.717, 1.165) is 10.8 Å². The quantitative estimate of drug-likeness (QED) is 0.354. The molecular weight excluding hydrogens is 379 g/mol. The molecular formula is C24H16Zr. The molecule has 0 aliphatic heterocycles. The van der Waals surface area contributed by atoms with Gasteiger partial charge in [0.15, 0.2) is 0 Å². The van der Waals surface area contributed by atoms with Gasteiger partial charge in [0.25, 0.3) is 0 Å². The Hall–Kier alpha value is -0.937. The zero-order valence-electron chi connectivity index (χ0n) is 13.7. The predicted octanol–water partition coefficient (Wildman–Crippen LogP) is 5.39. The van der Waals surface area contributed by atoms with Crippen molar-refractivity contribution in [2.45, 2.75) is 0 Å². The molecule has 0 heterocycles. The van der Waals surface area contributed by atoms with Crippen LogP contribution in [0.2, 0.25) is 0 Å². The van der Waals surface area contributed by atoms with Crippen molar-refractivity contribution in [3.8, 4) is 0 Å². The van der Waals surface area contributed by atoms with Gasteiger partial charge in [-0.25, -0.2) is 49.3 Å². The van der Waals surface area contributed by atoms with Gasteiger partial charge in [-0.1, -0.05) is 55.3 Å². The summed E-state index contributed by atoms with van der Waals surface area (Å²) in [6, 6.07) is 23.0. The molecule has 0 atom stereocenters. The van der Waals surface area contributed by atoms with Gasteiger partial charge in [0.05, 0.1) is 0 Å². The molecule has 1 heteroatoms. The van der Waals surface area contributed by atoms with Crippen molar-refractivity contribution in [2.24, 2.45) is 0 Å². The second-order valence-electron chi connectivity index (χ2n) is 5.13. The monoisotopic (exact) mass is 394 g/mol. The van der Waals surface area contributed by atoms with Crippen LogP contribution in [-0.2, 0) is 26.2 Å². The van der Waals surface area contributed by atoms with E-state index in [1.807, 2.05) is 69.6 Å². The Morgan fingerprint density at radius 1 is 0.640 bits per heavy atom. The average Bonchev–Trinajstić information content (AvgIpc) is 3.38. The van der Waals surface area contributed by atoms with Gasteiger partial charge in [-0.05, 0) is 0 Å². The summed E-state index contributed by atoms with van der Waals surface area (Å²) >= 11 is 0. The molecule has 3 aromatic rings. The maximum absolute atomic E-state index is 3.35. The van der Waals surface area contributed by atoms with E-state index in [-0.39, 0.29) is 26.2 Å². The van der Waals surface area contributed by atoms with Crippen molar-refractivity contribution in [2.75, 3.05) is 0 Å². The molecule has 2 fully saturated rings. The minimum atomic E-state index is 0. The summed E-state index contributed by atoms with van der Waals surface area (Å²) in [6.07, 6.45) is 21.0. The van der Waals surface area contributed by atoms with Crippen LogP contribution in [0.15, 0.2) is 48.5 Å². The Morgan fingerprint density at radius 2 is 1.24 bits per heavy atom. The fourth-order valence-corrected chi connectivity index (χ4v) is 2.27. The second-order valence-corrected chi connectivity index (χ2v) is 5.13. The van der Waals surface area contributed by atoms with E-state index in [0.29, 0.717) is 0 Å². The number of benzene rings is 3. The number of hydrogen-bond acceptors (Lipinski definition) is 0. The first-order valence-electron chi connectivity index (χ1n) is 7.80. The molecule has 0 bridgehead atoms. The standard InChI is InChI=1S/C14H8.2C5H4.Zr/c1-2-6-12-10-14-8-4-3-7-13(14)9-11(12)5-1;2*1-2-4-5-3-1;/h1-7,9H;2*1-4H;/q-2;2*-1;+4. The molecule has 2 aliphatic rings. The van der Waals surface area contributed by atoms with Crippen molar-refractivity contribution in [1.82, 2.24) is 0 Å². The number of hydrogen-bond donors (Lipinski definition) is 0. The Bertz CT molecular complexity index is 609. The van der Waals surface area contributed by atoms with Crippen LogP contribution in [0.25, 0.3) is 21.5 Å². The summed E-state index contributed by atoms with van der Waals surface area (Å²) in [5.74, 6) is 0. The van der Waals surface area contributed by atoms with Crippen molar-refractivity contribution in [1.29, 1.82) is 0 Å². The fourth-order valence-electron chi connectivity index (χ4n) is 2.27. The van der Waals surface area contributed by atoms with Gasteiger partial charge < -0.3 is 12.8 Å². The van der Waals surface area contributed by atoms with Crippen LogP contribution in [0.5, 0.6) is 0 Å². The maximum atomic E-state index is 3.35. The van der Waals surface area contributed by atoms with Crippen LogP contribution < -0.4 is 0 Å². The molecule has 0 aromatic heterocycles. The molecule has 116 valence electrons. The van der Waals surface area contributed by atoms with Crippen LogP contribution in [0.1, 0.15) is 0 Å². The van der Waals surface area contributed by atoms with Gasteiger partial charge in [-0.2, -0.15) is 0 Å². The van der Waals surface area contributed by atoms with Crippen LogP contribution in [0.3, 0.4) is 0 Å². The van der Waals surface area contributed by atoms with E-state index in [2.05, 4.69) is 55.3 Å². The topological polar surface area (TPSA) is 0 Å². The molecule has 5 rings (SSSR count). The Morgan fingerprint density at radius 3 is 1.84 bits per heavy atom. The molecule has 2 saturated carbocycles. The summed E-state index contributed by atoms with van der Waals surface area (Å²) in [7, 11) is 0. The smallest absolute Gasteiger partial charge is 0.474 e. The van der Waals surface area contributed by atoms with Crippen LogP contribution >= 0.6 is 0 Å². The minimum absolute atomic E-state index is 0. The van der Waals surface area contributed by atoms with Crippen molar-refractivity contribution < 1.29 is 26.2 Å². The van der Waals surface area contributed by atoms with E-state index >= 15 is 0 Å².